The maximum atomic E-state index is 12.2. The second kappa shape index (κ2) is 9.60. The lowest BCUT2D eigenvalue weighted by atomic mass is 10.1. The van der Waals surface area contributed by atoms with Crippen molar-refractivity contribution < 1.29 is 14.3 Å². The summed E-state index contributed by atoms with van der Waals surface area (Å²) in [6.45, 7) is 2.82. The van der Waals surface area contributed by atoms with Gasteiger partial charge < -0.3 is 20.8 Å². The minimum Gasteiger partial charge on any atom is -0.466 e. The summed E-state index contributed by atoms with van der Waals surface area (Å²) in [6, 6.07) is 7.11. The van der Waals surface area contributed by atoms with Gasteiger partial charge in [-0.15, -0.1) is 0 Å². The number of H-pyrrole nitrogens is 1. The zero-order chi connectivity index (χ0) is 18.9. The average molecular weight is 358 g/mol. The molecule has 0 bridgehead atoms. The van der Waals surface area contributed by atoms with E-state index in [4.69, 9.17) is 15.9 Å². The first-order chi connectivity index (χ1) is 12.5. The highest BCUT2D eigenvalue weighted by Gasteiger charge is 2.10. The quantitative estimate of drug-likeness (QED) is 0.226. The van der Waals surface area contributed by atoms with Gasteiger partial charge in [0.1, 0.15) is 11.5 Å². The molecule has 140 valence electrons. The van der Waals surface area contributed by atoms with Crippen molar-refractivity contribution in [3.63, 3.8) is 0 Å². The lowest BCUT2D eigenvalue weighted by Gasteiger charge is -2.04. The lowest BCUT2D eigenvalue weighted by Crippen LogP contribution is -2.24. The molecule has 0 aliphatic carbocycles. The van der Waals surface area contributed by atoms with E-state index in [-0.39, 0.29) is 17.7 Å². The molecule has 26 heavy (non-hydrogen) atoms. The fourth-order valence-electron chi connectivity index (χ4n) is 2.70. The predicted octanol–water partition coefficient (Wildman–Crippen LogP) is 2.70. The third-order valence-corrected chi connectivity index (χ3v) is 4.07. The summed E-state index contributed by atoms with van der Waals surface area (Å²) in [6.07, 6.45) is 4.03. The van der Waals surface area contributed by atoms with Crippen molar-refractivity contribution in [2.45, 2.75) is 39.0 Å². The minimum atomic E-state index is -0.155. The number of aromatic amines is 1. The van der Waals surface area contributed by atoms with Crippen LogP contribution in [0.3, 0.4) is 0 Å². The number of nitrogens with one attached hydrogen (secondary N) is 3. The third-order valence-electron chi connectivity index (χ3n) is 4.07. The molecule has 2 rings (SSSR count). The molecule has 0 aliphatic heterocycles. The Morgan fingerprint density at radius 2 is 1.96 bits per heavy atom. The summed E-state index contributed by atoms with van der Waals surface area (Å²) in [5.74, 6) is -0.299. The maximum Gasteiger partial charge on any atom is 0.305 e. The Hall–Kier alpha value is -2.83. The van der Waals surface area contributed by atoms with Crippen LogP contribution in [0.25, 0.3) is 10.9 Å². The molecule has 0 fully saturated rings. The van der Waals surface area contributed by atoms with Crippen molar-refractivity contribution >= 4 is 28.6 Å². The van der Waals surface area contributed by atoms with Crippen LogP contribution in [0.15, 0.2) is 24.3 Å². The Labute approximate surface area is 152 Å². The van der Waals surface area contributed by atoms with Crippen LogP contribution < -0.4 is 11.1 Å². The van der Waals surface area contributed by atoms with Gasteiger partial charge in [-0.25, -0.2) is 0 Å². The first-order valence-electron chi connectivity index (χ1n) is 8.92. The zero-order valence-electron chi connectivity index (χ0n) is 15.1. The molecule has 1 aromatic carbocycles. The Kier molecular flexibility index (Phi) is 7.20. The third kappa shape index (κ3) is 5.61. The summed E-state index contributed by atoms with van der Waals surface area (Å²) in [4.78, 5) is 26.5. The van der Waals surface area contributed by atoms with Gasteiger partial charge in [-0.1, -0.05) is 12.8 Å². The van der Waals surface area contributed by atoms with Gasteiger partial charge in [-0.2, -0.15) is 0 Å². The monoisotopic (exact) mass is 358 g/mol. The van der Waals surface area contributed by atoms with E-state index >= 15 is 0 Å². The van der Waals surface area contributed by atoms with Crippen LogP contribution in [-0.4, -0.2) is 35.8 Å². The highest BCUT2D eigenvalue weighted by molar-refractivity contribution is 6.02. The topological polar surface area (TPSA) is 121 Å². The van der Waals surface area contributed by atoms with Crippen molar-refractivity contribution in [2.24, 2.45) is 5.73 Å². The van der Waals surface area contributed by atoms with Gasteiger partial charge in [0, 0.05) is 29.4 Å². The van der Waals surface area contributed by atoms with Crippen LogP contribution >= 0.6 is 0 Å². The van der Waals surface area contributed by atoms with Crippen LogP contribution in [0.1, 0.15) is 55.1 Å². The number of carbonyl (C=O) groups excluding carboxylic acids is 2. The molecule has 7 nitrogen and oxygen atoms in total. The summed E-state index contributed by atoms with van der Waals surface area (Å²) in [7, 11) is 0. The Morgan fingerprint density at radius 1 is 1.19 bits per heavy atom. The number of benzene rings is 1. The highest BCUT2D eigenvalue weighted by Crippen LogP contribution is 2.17. The van der Waals surface area contributed by atoms with E-state index in [0.717, 1.165) is 36.6 Å². The molecule has 7 heteroatoms. The minimum absolute atomic E-state index is 0.00191. The molecule has 0 radical (unpaired) electrons. The van der Waals surface area contributed by atoms with E-state index in [1.807, 2.05) is 6.07 Å². The number of hydrogen-bond donors (Lipinski definition) is 4. The Morgan fingerprint density at radius 3 is 2.69 bits per heavy atom. The van der Waals surface area contributed by atoms with Gasteiger partial charge in [-0.3, -0.25) is 15.0 Å². The fourth-order valence-corrected chi connectivity index (χ4v) is 2.70. The number of esters is 1. The van der Waals surface area contributed by atoms with Gasteiger partial charge >= 0.3 is 5.97 Å². The second-order valence-electron chi connectivity index (χ2n) is 6.12. The van der Waals surface area contributed by atoms with Crippen LogP contribution in [0.5, 0.6) is 0 Å². The zero-order valence-corrected chi connectivity index (χ0v) is 15.1. The first-order valence-corrected chi connectivity index (χ1v) is 8.92. The summed E-state index contributed by atoms with van der Waals surface area (Å²) in [5, 5.41) is 11.2. The van der Waals surface area contributed by atoms with Crippen molar-refractivity contribution in [1.82, 2.24) is 10.3 Å². The number of ether oxygens (including phenoxy) is 1. The molecule has 0 spiro atoms. The van der Waals surface area contributed by atoms with Gasteiger partial charge in [0.2, 0.25) is 0 Å². The Bertz CT molecular complexity index is 782. The molecule has 0 atom stereocenters. The fraction of sp³-hybridized carbons (Fsp3) is 0.421. The van der Waals surface area contributed by atoms with E-state index in [0.29, 0.717) is 30.8 Å². The van der Waals surface area contributed by atoms with Gasteiger partial charge in [-0.05, 0) is 44.0 Å². The number of amidine groups is 1. The van der Waals surface area contributed by atoms with Gasteiger partial charge in [0.15, 0.2) is 0 Å². The Balaban J connectivity index is 1.72. The summed E-state index contributed by atoms with van der Waals surface area (Å²) >= 11 is 0. The average Bonchev–Trinajstić information content (AvgIpc) is 3.04. The number of unbranched alkanes of at least 4 members (excludes halogenated alkanes) is 3. The van der Waals surface area contributed by atoms with E-state index in [2.05, 4.69) is 10.3 Å². The van der Waals surface area contributed by atoms with Gasteiger partial charge in [0.05, 0.1) is 6.61 Å². The number of carbonyl (C=O) groups is 2. The van der Waals surface area contributed by atoms with E-state index in [1.54, 1.807) is 25.1 Å². The maximum absolute atomic E-state index is 12.2. The number of hydrogen-bond acceptors (Lipinski definition) is 4. The van der Waals surface area contributed by atoms with Crippen LogP contribution in [0.2, 0.25) is 0 Å². The van der Waals surface area contributed by atoms with Crippen LogP contribution in [-0.2, 0) is 9.53 Å². The summed E-state index contributed by atoms with van der Waals surface area (Å²) in [5.41, 5.74) is 7.44. The van der Waals surface area contributed by atoms with Crippen molar-refractivity contribution in [2.75, 3.05) is 13.2 Å². The molecular weight excluding hydrogens is 332 g/mol. The molecule has 0 aliphatic rings. The highest BCUT2D eigenvalue weighted by atomic mass is 16.5. The van der Waals surface area contributed by atoms with Crippen LogP contribution in [0.4, 0.5) is 0 Å². The van der Waals surface area contributed by atoms with Crippen molar-refractivity contribution in [3.05, 3.63) is 35.5 Å². The number of aromatic nitrogens is 1. The number of fused-ring (bicyclic) bond motifs is 1. The SMILES string of the molecule is CCOC(=O)CCCCCCNC(=O)c1cc2cc(C(=N)N)ccc2[nH]1. The molecular formula is C19H26N4O3. The predicted molar refractivity (Wildman–Crippen MR) is 101 cm³/mol. The first kappa shape index (κ1) is 19.5. The van der Waals surface area contributed by atoms with Crippen molar-refractivity contribution in [3.8, 4) is 0 Å². The molecule has 1 amide bonds. The molecule has 0 saturated carbocycles. The van der Waals surface area contributed by atoms with E-state index < -0.39 is 0 Å². The van der Waals surface area contributed by atoms with E-state index in [9.17, 15) is 9.59 Å². The molecule has 5 N–H and O–H groups in total. The molecule has 2 aromatic rings. The number of rotatable bonds is 10. The summed E-state index contributed by atoms with van der Waals surface area (Å²) < 4.78 is 4.88. The molecule has 0 unspecified atom stereocenters. The normalized spacial score (nSPS) is 10.7. The number of nitrogen functional groups attached to an aromatic ring is 1. The molecule has 0 saturated heterocycles. The smallest absolute Gasteiger partial charge is 0.305 e. The largest absolute Gasteiger partial charge is 0.466 e. The van der Waals surface area contributed by atoms with Crippen LogP contribution in [0, 0.1) is 5.41 Å². The van der Waals surface area contributed by atoms with Gasteiger partial charge in [0.25, 0.3) is 5.91 Å². The second-order valence-corrected chi connectivity index (χ2v) is 6.12. The van der Waals surface area contributed by atoms with E-state index in [1.165, 1.54) is 0 Å². The van der Waals surface area contributed by atoms with Crippen molar-refractivity contribution in [1.29, 1.82) is 5.41 Å². The standard InChI is InChI=1S/C19H26N4O3/c1-2-26-17(24)7-5-3-4-6-10-22-19(25)16-12-14-11-13(18(20)21)8-9-15(14)23-16/h8-9,11-12,23H,2-7,10H2,1H3,(H3,20,21)(H,22,25). The molecule has 1 aromatic heterocycles. The lowest BCUT2D eigenvalue weighted by molar-refractivity contribution is -0.143. The molecule has 1 heterocycles. The number of nitrogens with two attached hydrogens (primary N) is 1. The number of amides is 1.